The normalized spacial score (nSPS) is 12.8. The third kappa shape index (κ3) is 2.79. The summed E-state index contributed by atoms with van der Waals surface area (Å²) in [7, 11) is 2.04. The average Bonchev–Trinajstić information content (AvgIpc) is 2.72. The molecule has 108 valence electrons. The Hall–Kier alpha value is -1.57. The van der Waals surface area contributed by atoms with Gasteiger partial charge in [0.15, 0.2) is 0 Å². The maximum absolute atomic E-state index is 4.46. The van der Waals surface area contributed by atoms with Gasteiger partial charge in [-0.25, -0.2) is 4.98 Å². The highest BCUT2D eigenvalue weighted by atomic mass is 15.0. The molecule has 1 aromatic carbocycles. The van der Waals surface area contributed by atoms with E-state index in [0.717, 1.165) is 5.82 Å². The van der Waals surface area contributed by atoms with Gasteiger partial charge in [0.25, 0.3) is 0 Å². The van der Waals surface area contributed by atoms with Crippen LogP contribution in [0.3, 0.4) is 0 Å². The van der Waals surface area contributed by atoms with Crippen molar-refractivity contribution in [2.24, 2.45) is 7.05 Å². The van der Waals surface area contributed by atoms with Crippen LogP contribution in [0.1, 0.15) is 52.7 Å². The van der Waals surface area contributed by atoms with Crippen LogP contribution in [-0.2, 0) is 17.9 Å². The van der Waals surface area contributed by atoms with Crippen molar-refractivity contribution in [2.45, 2.75) is 52.4 Å². The van der Waals surface area contributed by atoms with E-state index in [2.05, 4.69) is 69.3 Å². The molecule has 0 amide bonds. The van der Waals surface area contributed by atoms with E-state index in [1.807, 2.05) is 19.4 Å². The Morgan fingerprint density at radius 3 is 1.95 bits per heavy atom. The van der Waals surface area contributed by atoms with E-state index in [-0.39, 0.29) is 10.8 Å². The van der Waals surface area contributed by atoms with Gasteiger partial charge >= 0.3 is 0 Å². The molecule has 0 aliphatic carbocycles. The summed E-state index contributed by atoms with van der Waals surface area (Å²) in [6.45, 7) is 13.7. The summed E-state index contributed by atoms with van der Waals surface area (Å²) in [4.78, 5) is 4.46. The zero-order valence-electron chi connectivity index (χ0n) is 13.8. The fourth-order valence-corrected chi connectivity index (χ4v) is 2.60. The second-order valence-corrected chi connectivity index (χ2v) is 7.62. The Morgan fingerprint density at radius 2 is 1.50 bits per heavy atom. The molecule has 0 radical (unpaired) electrons. The van der Waals surface area contributed by atoms with Crippen LogP contribution in [0.25, 0.3) is 11.4 Å². The molecule has 0 N–H and O–H groups in total. The Balaban J connectivity index is 2.64. The number of imidazole rings is 1. The van der Waals surface area contributed by atoms with E-state index in [1.54, 1.807) is 0 Å². The molecule has 0 saturated heterocycles. The third-order valence-electron chi connectivity index (χ3n) is 3.71. The van der Waals surface area contributed by atoms with Crippen LogP contribution in [0.4, 0.5) is 0 Å². The minimum atomic E-state index is 0.129. The molecule has 0 fully saturated rings. The second kappa shape index (κ2) is 4.76. The Bertz CT molecular complexity index is 607. The van der Waals surface area contributed by atoms with Crippen molar-refractivity contribution in [3.63, 3.8) is 0 Å². The van der Waals surface area contributed by atoms with E-state index >= 15 is 0 Å². The number of aryl methyl sites for hydroxylation is 1. The summed E-state index contributed by atoms with van der Waals surface area (Å²) in [5.74, 6) is 1.02. The third-order valence-corrected chi connectivity index (χ3v) is 3.71. The molecule has 0 bridgehead atoms. The van der Waals surface area contributed by atoms with E-state index in [0.29, 0.717) is 0 Å². The predicted octanol–water partition coefficient (Wildman–Crippen LogP) is 4.68. The number of benzene rings is 1. The first kappa shape index (κ1) is 14.8. The van der Waals surface area contributed by atoms with Crippen molar-refractivity contribution in [1.82, 2.24) is 9.55 Å². The van der Waals surface area contributed by atoms with Gasteiger partial charge in [0.1, 0.15) is 5.82 Å². The Morgan fingerprint density at radius 1 is 0.900 bits per heavy atom. The van der Waals surface area contributed by atoms with Crippen molar-refractivity contribution in [3.05, 3.63) is 41.7 Å². The van der Waals surface area contributed by atoms with Gasteiger partial charge in [-0.05, 0) is 28.0 Å². The summed E-state index contributed by atoms with van der Waals surface area (Å²) in [5, 5.41) is 0. The van der Waals surface area contributed by atoms with Crippen LogP contribution >= 0.6 is 0 Å². The standard InChI is InChI=1S/C18H26N2/c1-17(2,3)14-9-8-13(12-15(14)18(4,5)6)16-19-10-11-20(16)7/h8-12H,1-7H3. The number of hydrogen-bond donors (Lipinski definition) is 0. The lowest BCUT2D eigenvalue weighted by atomic mass is 9.74. The van der Waals surface area contributed by atoms with Gasteiger partial charge < -0.3 is 4.57 Å². The van der Waals surface area contributed by atoms with Gasteiger partial charge in [-0.15, -0.1) is 0 Å². The second-order valence-electron chi connectivity index (χ2n) is 7.62. The number of rotatable bonds is 1. The van der Waals surface area contributed by atoms with Gasteiger partial charge in [-0.3, -0.25) is 0 Å². The summed E-state index contributed by atoms with van der Waals surface area (Å²) in [6.07, 6.45) is 3.84. The SMILES string of the molecule is Cn1ccnc1-c1ccc(C(C)(C)C)c(C(C)(C)C)c1. The lowest BCUT2D eigenvalue weighted by molar-refractivity contribution is 0.530. The Kier molecular flexibility index (Phi) is 3.53. The first-order valence-electron chi connectivity index (χ1n) is 7.23. The summed E-state index contributed by atoms with van der Waals surface area (Å²) < 4.78 is 2.07. The van der Waals surface area contributed by atoms with Crippen LogP contribution < -0.4 is 0 Å². The summed E-state index contributed by atoms with van der Waals surface area (Å²) in [5.41, 5.74) is 4.30. The highest BCUT2D eigenvalue weighted by molar-refractivity contribution is 5.59. The van der Waals surface area contributed by atoms with Crippen LogP contribution in [0, 0.1) is 0 Å². The van der Waals surface area contributed by atoms with Crippen molar-refractivity contribution in [1.29, 1.82) is 0 Å². The molecule has 2 nitrogen and oxygen atoms in total. The fraction of sp³-hybridized carbons (Fsp3) is 0.500. The molecule has 20 heavy (non-hydrogen) atoms. The van der Waals surface area contributed by atoms with Crippen LogP contribution in [0.5, 0.6) is 0 Å². The molecule has 1 heterocycles. The van der Waals surface area contributed by atoms with Crippen molar-refractivity contribution in [2.75, 3.05) is 0 Å². The average molecular weight is 270 g/mol. The lowest BCUT2D eigenvalue weighted by Gasteiger charge is -2.30. The van der Waals surface area contributed by atoms with E-state index in [4.69, 9.17) is 0 Å². The molecule has 0 atom stereocenters. The van der Waals surface area contributed by atoms with Crippen LogP contribution in [0.15, 0.2) is 30.6 Å². The summed E-state index contributed by atoms with van der Waals surface area (Å²) >= 11 is 0. The molecule has 0 saturated carbocycles. The molecule has 0 unspecified atom stereocenters. The predicted molar refractivity (Wildman–Crippen MR) is 86.0 cm³/mol. The number of nitrogens with zero attached hydrogens (tertiary/aromatic N) is 2. The maximum atomic E-state index is 4.46. The van der Waals surface area contributed by atoms with Gasteiger partial charge in [0.2, 0.25) is 0 Å². The number of hydrogen-bond acceptors (Lipinski definition) is 1. The molecule has 0 aliphatic heterocycles. The monoisotopic (exact) mass is 270 g/mol. The van der Waals surface area contributed by atoms with E-state index in [1.165, 1.54) is 16.7 Å². The minimum Gasteiger partial charge on any atom is -0.334 e. The first-order chi connectivity index (χ1) is 9.10. The maximum Gasteiger partial charge on any atom is 0.139 e. The fourth-order valence-electron chi connectivity index (χ4n) is 2.60. The molecule has 2 aromatic rings. The lowest BCUT2D eigenvalue weighted by Crippen LogP contribution is -2.22. The molecular weight excluding hydrogens is 244 g/mol. The molecule has 2 rings (SSSR count). The van der Waals surface area contributed by atoms with Gasteiger partial charge in [-0.1, -0.05) is 53.7 Å². The van der Waals surface area contributed by atoms with E-state index < -0.39 is 0 Å². The molecular formula is C18H26N2. The van der Waals surface area contributed by atoms with Crippen molar-refractivity contribution < 1.29 is 0 Å². The van der Waals surface area contributed by atoms with Gasteiger partial charge in [0.05, 0.1) is 0 Å². The highest BCUT2D eigenvalue weighted by Gasteiger charge is 2.25. The van der Waals surface area contributed by atoms with Crippen molar-refractivity contribution >= 4 is 0 Å². The van der Waals surface area contributed by atoms with Crippen molar-refractivity contribution in [3.8, 4) is 11.4 Å². The highest BCUT2D eigenvalue weighted by Crippen LogP contribution is 2.36. The first-order valence-corrected chi connectivity index (χ1v) is 7.23. The smallest absolute Gasteiger partial charge is 0.139 e. The largest absolute Gasteiger partial charge is 0.334 e. The molecule has 1 aromatic heterocycles. The zero-order chi connectivity index (χ0) is 15.1. The van der Waals surface area contributed by atoms with Crippen LogP contribution in [0.2, 0.25) is 0 Å². The Labute approximate surface area is 122 Å². The van der Waals surface area contributed by atoms with Gasteiger partial charge in [0, 0.05) is 25.0 Å². The number of aromatic nitrogens is 2. The molecule has 0 spiro atoms. The quantitative estimate of drug-likeness (QED) is 0.735. The molecule has 2 heteroatoms. The summed E-state index contributed by atoms with van der Waals surface area (Å²) in [6, 6.07) is 6.77. The topological polar surface area (TPSA) is 17.8 Å². The van der Waals surface area contributed by atoms with Crippen LogP contribution in [-0.4, -0.2) is 9.55 Å². The minimum absolute atomic E-state index is 0.129. The van der Waals surface area contributed by atoms with Gasteiger partial charge in [-0.2, -0.15) is 0 Å². The molecule has 0 aliphatic rings. The zero-order valence-corrected chi connectivity index (χ0v) is 13.8. The van der Waals surface area contributed by atoms with E-state index in [9.17, 15) is 0 Å².